The number of imidazole rings is 1. The van der Waals surface area contributed by atoms with E-state index in [1.165, 1.54) is 12.1 Å². The summed E-state index contributed by atoms with van der Waals surface area (Å²) in [6.45, 7) is 0.738. The van der Waals surface area contributed by atoms with Gasteiger partial charge in [-0.3, -0.25) is 0 Å². The van der Waals surface area contributed by atoms with E-state index in [1.54, 1.807) is 12.3 Å². The number of aromatic nitrogens is 2. The Morgan fingerprint density at radius 3 is 3.12 bits per heavy atom. The summed E-state index contributed by atoms with van der Waals surface area (Å²) in [6.07, 6.45) is 2.76. The van der Waals surface area contributed by atoms with Gasteiger partial charge in [0.2, 0.25) is 0 Å². The lowest BCUT2D eigenvalue weighted by atomic mass is 10.1. The molecular formula is C13H13FN2O. The molecule has 0 bridgehead atoms. The minimum Gasteiger partial charge on any atom is -0.393 e. The van der Waals surface area contributed by atoms with Crippen molar-refractivity contribution in [2.45, 2.75) is 25.5 Å². The van der Waals surface area contributed by atoms with Crippen LogP contribution in [0.3, 0.4) is 0 Å². The lowest BCUT2D eigenvalue weighted by Crippen LogP contribution is -2.23. The molecule has 1 aromatic heterocycles. The largest absolute Gasteiger partial charge is 0.393 e. The van der Waals surface area contributed by atoms with Gasteiger partial charge in [0, 0.05) is 18.5 Å². The highest BCUT2D eigenvalue weighted by molar-refractivity contribution is 5.59. The second kappa shape index (κ2) is 3.96. The number of aliphatic hydroxyl groups excluding tert-OH is 1. The van der Waals surface area contributed by atoms with Crippen molar-refractivity contribution in [1.82, 2.24) is 9.55 Å². The number of benzene rings is 1. The summed E-state index contributed by atoms with van der Waals surface area (Å²) in [5.74, 6) is 0.636. The van der Waals surface area contributed by atoms with Gasteiger partial charge < -0.3 is 9.67 Å². The highest BCUT2D eigenvalue weighted by Gasteiger charge is 2.20. The Bertz CT molecular complexity index is 550. The molecule has 88 valence electrons. The molecule has 1 aromatic carbocycles. The van der Waals surface area contributed by atoms with E-state index < -0.39 is 0 Å². The van der Waals surface area contributed by atoms with Crippen LogP contribution in [0.4, 0.5) is 4.39 Å². The smallest absolute Gasteiger partial charge is 0.123 e. The molecule has 1 aliphatic rings. The van der Waals surface area contributed by atoms with Crippen LogP contribution in [0.1, 0.15) is 12.2 Å². The van der Waals surface area contributed by atoms with Crippen LogP contribution in [0.5, 0.6) is 0 Å². The van der Waals surface area contributed by atoms with Gasteiger partial charge in [-0.25, -0.2) is 9.37 Å². The predicted octanol–water partition coefficient (Wildman–Crippen LogP) is 2.00. The summed E-state index contributed by atoms with van der Waals surface area (Å²) >= 11 is 0. The molecule has 2 heterocycles. The maximum Gasteiger partial charge on any atom is 0.123 e. The molecule has 0 radical (unpaired) electrons. The summed E-state index contributed by atoms with van der Waals surface area (Å²) in [5.41, 5.74) is 1.76. The average molecular weight is 232 g/mol. The molecule has 1 unspecified atom stereocenters. The molecule has 4 heteroatoms. The average Bonchev–Trinajstić information content (AvgIpc) is 2.71. The van der Waals surface area contributed by atoms with Gasteiger partial charge in [-0.05, 0) is 18.6 Å². The number of fused-ring (bicyclic) bond motifs is 1. The molecule has 1 atom stereocenters. The van der Waals surface area contributed by atoms with E-state index in [9.17, 15) is 9.50 Å². The fourth-order valence-electron chi connectivity index (χ4n) is 2.30. The number of aliphatic hydroxyl groups is 1. The molecule has 0 spiro atoms. The molecule has 0 saturated heterocycles. The third-order valence-electron chi connectivity index (χ3n) is 3.16. The molecule has 2 aromatic rings. The third kappa shape index (κ3) is 1.85. The maximum atomic E-state index is 13.2. The molecular weight excluding hydrogens is 219 g/mol. The number of halogens is 1. The van der Waals surface area contributed by atoms with E-state index in [-0.39, 0.29) is 11.9 Å². The Morgan fingerprint density at radius 2 is 2.29 bits per heavy atom. The van der Waals surface area contributed by atoms with Crippen molar-refractivity contribution < 1.29 is 9.50 Å². The minimum absolute atomic E-state index is 0.242. The van der Waals surface area contributed by atoms with Gasteiger partial charge in [0.25, 0.3) is 0 Å². The van der Waals surface area contributed by atoms with Crippen molar-refractivity contribution in [2.24, 2.45) is 0 Å². The molecule has 0 saturated carbocycles. The van der Waals surface area contributed by atoms with Crippen molar-refractivity contribution in [1.29, 1.82) is 0 Å². The summed E-state index contributed by atoms with van der Waals surface area (Å²) in [7, 11) is 0. The first-order chi connectivity index (χ1) is 8.24. The fourth-order valence-corrected chi connectivity index (χ4v) is 2.30. The van der Waals surface area contributed by atoms with Crippen LogP contribution in [0, 0.1) is 5.82 Å². The van der Waals surface area contributed by atoms with Crippen LogP contribution in [0.2, 0.25) is 0 Å². The highest BCUT2D eigenvalue weighted by atomic mass is 19.1. The van der Waals surface area contributed by atoms with Gasteiger partial charge >= 0.3 is 0 Å². The normalized spacial score (nSPS) is 19.1. The Labute approximate surface area is 98.5 Å². The van der Waals surface area contributed by atoms with Gasteiger partial charge in [0.15, 0.2) is 0 Å². The van der Waals surface area contributed by atoms with Crippen molar-refractivity contribution in [3.63, 3.8) is 0 Å². The number of nitrogens with zero attached hydrogens (tertiary/aromatic N) is 2. The van der Waals surface area contributed by atoms with E-state index in [0.717, 1.165) is 30.0 Å². The summed E-state index contributed by atoms with van der Waals surface area (Å²) in [4.78, 5) is 4.29. The van der Waals surface area contributed by atoms with Crippen LogP contribution in [0.25, 0.3) is 11.3 Å². The number of rotatable bonds is 1. The fraction of sp³-hybridized carbons (Fsp3) is 0.308. The zero-order valence-electron chi connectivity index (χ0n) is 9.31. The van der Waals surface area contributed by atoms with E-state index in [2.05, 4.69) is 9.55 Å². The lowest BCUT2D eigenvalue weighted by molar-refractivity contribution is 0.142. The standard InChI is InChI=1S/C13H13FN2O/c14-10-3-1-2-9(6-10)12-8-15-13-7-11(17)4-5-16(12)13/h1-3,6,8,11,17H,4-5,7H2. The highest BCUT2D eigenvalue weighted by Crippen LogP contribution is 2.25. The summed E-state index contributed by atoms with van der Waals surface area (Å²) in [5, 5.41) is 9.57. The molecule has 3 rings (SSSR count). The third-order valence-corrected chi connectivity index (χ3v) is 3.16. The molecule has 0 aliphatic carbocycles. The lowest BCUT2D eigenvalue weighted by Gasteiger charge is -2.20. The Kier molecular flexibility index (Phi) is 2.44. The van der Waals surface area contributed by atoms with Gasteiger partial charge in [0.1, 0.15) is 11.6 Å². The van der Waals surface area contributed by atoms with Crippen LogP contribution < -0.4 is 0 Å². The van der Waals surface area contributed by atoms with E-state index >= 15 is 0 Å². The minimum atomic E-state index is -0.301. The van der Waals surface area contributed by atoms with Crippen molar-refractivity contribution in [2.75, 3.05) is 0 Å². The maximum absolute atomic E-state index is 13.2. The first-order valence-corrected chi connectivity index (χ1v) is 5.72. The molecule has 17 heavy (non-hydrogen) atoms. The molecule has 1 N–H and O–H groups in total. The molecule has 0 amide bonds. The van der Waals surface area contributed by atoms with E-state index in [0.29, 0.717) is 6.42 Å². The number of hydrogen-bond donors (Lipinski definition) is 1. The topological polar surface area (TPSA) is 38.0 Å². The van der Waals surface area contributed by atoms with Gasteiger partial charge in [-0.2, -0.15) is 0 Å². The zero-order chi connectivity index (χ0) is 11.8. The van der Waals surface area contributed by atoms with Crippen LogP contribution in [-0.2, 0) is 13.0 Å². The zero-order valence-corrected chi connectivity index (χ0v) is 9.31. The quantitative estimate of drug-likeness (QED) is 0.816. The van der Waals surface area contributed by atoms with E-state index in [4.69, 9.17) is 0 Å². The first kappa shape index (κ1) is 10.5. The first-order valence-electron chi connectivity index (χ1n) is 5.72. The summed E-state index contributed by atoms with van der Waals surface area (Å²) in [6, 6.07) is 6.51. The molecule has 0 fully saturated rings. The van der Waals surface area contributed by atoms with Crippen LogP contribution in [0.15, 0.2) is 30.5 Å². The Hall–Kier alpha value is -1.68. The van der Waals surface area contributed by atoms with Crippen LogP contribution in [-0.4, -0.2) is 20.8 Å². The number of hydrogen-bond acceptors (Lipinski definition) is 2. The second-order valence-electron chi connectivity index (χ2n) is 4.37. The summed E-state index contributed by atoms with van der Waals surface area (Å²) < 4.78 is 15.2. The van der Waals surface area contributed by atoms with Crippen molar-refractivity contribution in [3.05, 3.63) is 42.1 Å². The van der Waals surface area contributed by atoms with Crippen LogP contribution >= 0.6 is 0 Å². The van der Waals surface area contributed by atoms with Gasteiger partial charge in [-0.15, -0.1) is 0 Å². The molecule has 1 aliphatic heterocycles. The predicted molar refractivity (Wildman–Crippen MR) is 61.9 cm³/mol. The Morgan fingerprint density at radius 1 is 1.41 bits per heavy atom. The van der Waals surface area contributed by atoms with E-state index in [1.807, 2.05) is 6.07 Å². The SMILES string of the molecule is OC1CCn2c(-c3cccc(F)c3)cnc2C1. The Balaban J connectivity index is 2.05. The van der Waals surface area contributed by atoms with Crippen molar-refractivity contribution in [3.8, 4) is 11.3 Å². The second-order valence-corrected chi connectivity index (χ2v) is 4.37. The molecule has 3 nitrogen and oxygen atoms in total. The monoisotopic (exact) mass is 232 g/mol. The van der Waals surface area contributed by atoms with Crippen molar-refractivity contribution >= 4 is 0 Å². The van der Waals surface area contributed by atoms with Gasteiger partial charge in [-0.1, -0.05) is 12.1 Å². The van der Waals surface area contributed by atoms with Gasteiger partial charge in [0.05, 0.1) is 18.0 Å².